The number of para-hydroxylation sites is 2. The van der Waals surface area contributed by atoms with Gasteiger partial charge in [-0.2, -0.15) is 10.4 Å². The number of nitro benzene ring substituents is 1. The van der Waals surface area contributed by atoms with Crippen LogP contribution in [0.2, 0.25) is 0 Å². The van der Waals surface area contributed by atoms with E-state index in [1.165, 1.54) is 23.0 Å². The average molecular weight is 463 g/mol. The van der Waals surface area contributed by atoms with Crippen LogP contribution in [0.25, 0.3) is 5.69 Å². The minimum Gasteiger partial charge on any atom is -0.382 e. The lowest BCUT2D eigenvalue weighted by Gasteiger charge is -2.13. The Bertz CT molecular complexity index is 1230. The first-order valence-corrected chi connectivity index (χ1v) is 9.82. The molecule has 0 radical (unpaired) electrons. The van der Waals surface area contributed by atoms with E-state index >= 15 is 0 Å². The topological polar surface area (TPSA) is 157 Å². The Morgan fingerprint density at radius 1 is 1.29 bits per heavy atom. The summed E-state index contributed by atoms with van der Waals surface area (Å²) in [4.78, 5) is 9.99. The van der Waals surface area contributed by atoms with Crippen molar-refractivity contribution in [1.29, 1.82) is 5.26 Å². The second-order valence-corrected chi connectivity index (χ2v) is 8.03. The predicted octanol–water partition coefficient (Wildman–Crippen LogP) is 2.80. The first-order valence-electron chi connectivity index (χ1n) is 7.54. The van der Waals surface area contributed by atoms with Crippen molar-refractivity contribution in [1.82, 2.24) is 9.78 Å². The molecule has 0 aliphatic heterocycles. The molecule has 1 heterocycles. The second kappa shape index (κ2) is 7.29. The fraction of sp³-hybridized carbons (Fsp3) is 0. The lowest BCUT2D eigenvalue weighted by molar-refractivity contribution is -0.387. The minimum atomic E-state index is -4.31. The molecule has 0 fully saturated rings. The number of aromatic nitrogens is 2. The highest BCUT2D eigenvalue weighted by Gasteiger charge is 2.27. The van der Waals surface area contributed by atoms with Gasteiger partial charge < -0.3 is 5.73 Å². The molecule has 0 atom stereocenters. The number of nitro groups is 1. The van der Waals surface area contributed by atoms with Crippen molar-refractivity contribution >= 4 is 43.1 Å². The molecule has 2 aromatic carbocycles. The highest BCUT2D eigenvalue weighted by molar-refractivity contribution is 9.10. The van der Waals surface area contributed by atoms with E-state index in [-0.39, 0.29) is 22.8 Å². The van der Waals surface area contributed by atoms with Gasteiger partial charge in [-0.05, 0) is 24.3 Å². The molecule has 0 bridgehead atoms. The maximum absolute atomic E-state index is 12.8. The molecule has 28 heavy (non-hydrogen) atoms. The molecule has 142 valence electrons. The zero-order valence-corrected chi connectivity index (χ0v) is 16.3. The number of sulfonamides is 1. The van der Waals surface area contributed by atoms with Crippen molar-refractivity contribution in [3.8, 4) is 11.8 Å². The highest BCUT2D eigenvalue weighted by Crippen LogP contribution is 2.31. The van der Waals surface area contributed by atoms with Crippen LogP contribution in [0.4, 0.5) is 17.2 Å². The number of anilines is 2. The van der Waals surface area contributed by atoms with Crippen LogP contribution < -0.4 is 10.5 Å². The Labute approximate surface area is 167 Å². The molecular formula is C16H11BrN6O4S. The molecule has 0 saturated heterocycles. The third-order valence-corrected chi connectivity index (χ3v) is 5.62. The maximum atomic E-state index is 12.8. The van der Waals surface area contributed by atoms with Crippen LogP contribution in [0.5, 0.6) is 0 Å². The molecule has 0 amide bonds. The predicted molar refractivity (Wildman–Crippen MR) is 104 cm³/mol. The Balaban J connectivity index is 2.10. The van der Waals surface area contributed by atoms with E-state index in [9.17, 15) is 18.5 Å². The van der Waals surface area contributed by atoms with E-state index in [0.29, 0.717) is 4.47 Å². The number of rotatable bonds is 5. The SMILES string of the molecule is N#Cc1cnn(-c2ccccc2NS(=O)(=O)c2ccc(Br)cc2[N+](=O)[O-])c1N. The summed E-state index contributed by atoms with van der Waals surface area (Å²) in [6.45, 7) is 0. The van der Waals surface area contributed by atoms with E-state index in [4.69, 9.17) is 11.0 Å². The van der Waals surface area contributed by atoms with Crippen LogP contribution in [0.3, 0.4) is 0 Å². The van der Waals surface area contributed by atoms with Crippen molar-refractivity contribution in [2.24, 2.45) is 0 Å². The number of nitrogen functional groups attached to an aromatic ring is 1. The van der Waals surface area contributed by atoms with Gasteiger partial charge >= 0.3 is 0 Å². The summed E-state index contributed by atoms with van der Waals surface area (Å²) in [5.74, 6) is 0.0313. The van der Waals surface area contributed by atoms with Crippen LogP contribution in [-0.2, 0) is 10.0 Å². The van der Waals surface area contributed by atoms with Crippen molar-refractivity contribution in [2.45, 2.75) is 4.90 Å². The van der Waals surface area contributed by atoms with Gasteiger partial charge in [0.15, 0.2) is 4.90 Å². The number of benzene rings is 2. The fourth-order valence-corrected chi connectivity index (χ4v) is 4.02. The molecule has 1 aromatic heterocycles. The Morgan fingerprint density at radius 2 is 2.00 bits per heavy atom. The van der Waals surface area contributed by atoms with Gasteiger partial charge in [-0.3, -0.25) is 14.8 Å². The molecule has 0 aliphatic carbocycles. The number of hydrogen-bond donors (Lipinski definition) is 2. The van der Waals surface area contributed by atoms with Crippen LogP contribution in [0.15, 0.2) is 58.0 Å². The molecule has 0 aliphatic rings. The molecule has 3 rings (SSSR count). The third-order valence-electron chi connectivity index (χ3n) is 3.71. The van der Waals surface area contributed by atoms with Crippen molar-refractivity contribution in [3.05, 3.63) is 68.8 Å². The van der Waals surface area contributed by atoms with E-state index in [0.717, 1.165) is 12.1 Å². The molecule has 10 nitrogen and oxygen atoms in total. The first kappa shape index (κ1) is 19.3. The second-order valence-electron chi connectivity index (χ2n) is 5.46. The monoisotopic (exact) mass is 462 g/mol. The van der Waals surface area contributed by atoms with Gasteiger partial charge in [0.2, 0.25) is 0 Å². The summed E-state index contributed by atoms with van der Waals surface area (Å²) in [6.07, 6.45) is 1.25. The summed E-state index contributed by atoms with van der Waals surface area (Å²) < 4.78 is 29.5. The zero-order valence-electron chi connectivity index (χ0n) is 13.9. The number of nitrogens with one attached hydrogen (secondary N) is 1. The van der Waals surface area contributed by atoms with E-state index < -0.39 is 25.5 Å². The van der Waals surface area contributed by atoms with E-state index in [1.807, 2.05) is 6.07 Å². The van der Waals surface area contributed by atoms with Crippen molar-refractivity contribution in [3.63, 3.8) is 0 Å². The number of hydrogen-bond acceptors (Lipinski definition) is 7. The first-order chi connectivity index (χ1) is 13.2. The molecule has 3 N–H and O–H groups in total. The van der Waals surface area contributed by atoms with E-state index in [2.05, 4.69) is 25.8 Å². The highest BCUT2D eigenvalue weighted by atomic mass is 79.9. The molecular weight excluding hydrogens is 452 g/mol. The molecule has 0 saturated carbocycles. The number of nitriles is 1. The number of halogens is 1. The van der Waals surface area contributed by atoms with Crippen molar-refractivity contribution in [2.75, 3.05) is 10.5 Å². The van der Waals surface area contributed by atoms with Gasteiger partial charge in [0.05, 0.1) is 22.5 Å². The van der Waals surface area contributed by atoms with Gasteiger partial charge in [0, 0.05) is 10.5 Å². The fourth-order valence-electron chi connectivity index (χ4n) is 2.44. The van der Waals surface area contributed by atoms with Crippen LogP contribution in [0.1, 0.15) is 5.56 Å². The third kappa shape index (κ3) is 3.53. The van der Waals surface area contributed by atoms with Crippen LogP contribution >= 0.6 is 15.9 Å². The number of nitrogens with zero attached hydrogens (tertiary/aromatic N) is 4. The van der Waals surface area contributed by atoms with E-state index in [1.54, 1.807) is 18.2 Å². The minimum absolute atomic E-state index is 0.0313. The Morgan fingerprint density at radius 3 is 2.64 bits per heavy atom. The summed E-state index contributed by atoms with van der Waals surface area (Å²) in [7, 11) is -4.31. The standard InChI is InChI=1S/C16H11BrN6O4S/c17-11-5-6-15(14(7-11)23(24)25)28(26,27)21-12-3-1-2-4-13(12)22-16(19)10(8-18)9-20-22/h1-7,9,21H,19H2. The van der Waals surface area contributed by atoms with Crippen LogP contribution in [-0.4, -0.2) is 23.1 Å². The quantitative estimate of drug-likeness (QED) is 0.435. The molecule has 12 heteroatoms. The lowest BCUT2D eigenvalue weighted by atomic mass is 10.2. The summed E-state index contributed by atoms with van der Waals surface area (Å²) in [6, 6.07) is 11.7. The largest absolute Gasteiger partial charge is 0.382 e. The lowest BCUT2D eigenvalue weighted by Crippen LogP contribution is -2.16. The Hall–Kier alpha value is -3.43. The molecule has 0 spiro atoms. The summed E-state index contributed by atoms with van der Waals surface area (Å²) in [5.41, 5.74) is 5.76. The normalized spacial score (nSPS) is 11.0. The average Bonchev–Trinajstić information content (AvgIpc) is 3.02. The van der Waals surface area contributed by atoms with Crippen LogP contribution in [0, 0.1) is 21.4 Å². The van der Waals surface area contributed by atoms with Crippen molar-refractivity contribution < 1.29 is 13.3 Å². The van der Waals surface area contributed by atoms with Gasteiger partial charge in [-0.25, -0.2) is 13.1 Å². The van der Waals surface area contributed by atoms with Gasteiger partial charge in [-0.1, -0.05) is 28.1 Å². The summed E-state index contributed by atoms with van der Waals surface area (Å²) in [5, 5.41) is 24.3. The van der Waals surface area contributed by atoms with Gasteiger partial charge in [0.25, 0.3) is 15.7 Å². The Kier molecular flexibility index (Phi) is 5.04. The maximum Gasteiger partial charge on any atom is 0.291 e. The zero-order chi connectivity index (χ0) is 20.5. The number of nitrogens with two attached hydrogens (primary N) is 1. The molecule has 0 unspecified atom stereocenters. The smallest absolute Gasteiger partial charge is 0.291 e. The summed E-state index contributed by atoms with van der Waals surface area (Å²) >= 11 is 3.09. The van der Waals surface area contributed by atoms with Gasteiger partial charge in [0.1, 0.15) is 17.5 Å². The molecule has 3 aromatic rings. The van der Waals surface area contributed by atoms with Gasteiger partial charge in [-0.15, -0.1) is 0 Å².